The standard InChI is InChI=1S/C30H36N4O2/c1-19-27(22-12-9-10-15-26(22)34(19)8)23-13-11-14-24(29(23)33(6)7)28(32(4)5)21-17-16-20(31(2)3)18-25(21)30(35)36/h9-18,28H,1-8H3,(H,35,36). The number of aromatic carboxylic acids is 1. The van der Waals surface area contributed by atoms with Gasteiger partial charge in [0.2, 0.25) is 0 Å². The fourth-order valence-corrected chi connectivity index (χ4v) is 5.31. The second-order valence-electron chi connectivity index (χ2n) is 10.0. The molecule has 1 unspecified atom stereocenters. The van der Waals surface area contributed by atoms with E-state index in [4.69, 9.17) is 0 Å². The summed E-state index contributed by atoms with van der Waals surface area (Å²) in [6, 6.07) is 20.3. The number of fused-ring (bicyclic) bond motifs is 1. The van der Waals surface area contributed by atoms with Gasteiger partial charge in [-0.1, -0.05) is 42.5 Å². The largest absolute Gasteiger partial charge is 0.478 e. The van der Waals surface area contributed by atoms with Crippen molar-refractivity contribution in [3.05, 3.63) is 83.0 Å². The fourth-order valence-electron chi connectivity index (χ4n) is 5.31. The van der Waals surface area contributed by atoms with Gasteiger partial charge in [0.05, 0.1) is 11.6 Å². The van der Waals surface area contributed by atoms with E-state index in [0.717, 1.165) is 28.1 Å². The van der Waals surface area contributed by atoms with Crippen molar-refractivity contribution < 1.29 is 9.90 Å². The van der Waals surface area contributed by atoms with Crippen LogP contribution < -0.4 is 9.80 Å². The van der Waals surface area contributed by atoms with Crippen LogP contribution >= 0.6 is 0 Å². The quantitative estimate of drug-likeness (QED) is 0.368. The van der Waals surface area contributed by atoms with E-state index in [1.54, 1.807) is 6.07 Å². The minimum Gasteiger partial charge on any atom is -0.478 e. The highest BCUT2D eigenvalue weighted by molar-refractivity contribution is 6.02. The van der Waals surface area contributed by atoms with E-state index in [1.807, 2.05) is 45.2 Å². The first-order chi connectivity index (χ1) is 17.0. The molecule has 0 aliphatic heterocycles. The summed E-state index contributed by atoms with van der Waals surface area (Å²) in [5, 5.41) is 11.4. The fraction of sp³-hybridized carbons (Fsp3) is 0.300. The summed E-state index contributed by atoms with van der Waals surface area (Å²) in [5.41, 5.74) is 8.83. The number of carboxylic acids is 1. The number of carboxylic acid groups (broad SMARTS) is 1. The SMILES string of the molecule is Cc1c(-c2cccc(C(c3ccc(N(C)C)cc3C(=O)O)N(C)C)c2N(C)C)c2ccccc2n1C. The molecule has 0 fully saturated rings. The van der Waals surface area contributed by atoms with Gasteiger partial charge in [-0.15, -0.1) is 0 Å². The second kappa shape index (κ2) is 9.70. The number of nitrogens with zero attached hydrogens (tertiary/aromatic N) is 4. The molecule has 0 saturated heterocycles. The molecule has 0 aliphatic carbocycles. The van der Waals surface area contributed by atoms with Crippen molar-refractivity contribution in [2.45, 2.75) is 13.0 Å². The van der Waals surface area contributed by atoms with Crippen LogP contribution in [0.5, 0.6) is 0 Å². The molecule has 0 amide bonds. The first-order valence-corrected chi connectivity index (χ1v) is 12.1. The van der Waals surface area contributed by atoms with Crippen LogP contribution in [0.4, 0.5) is 11.4 Å². The number of para-hydroxylation sites is 2. The predicted octanol–water partition coefficient (Wildman–Crippen LogP) is 5.63. The maximum Gasteiger partial charge on any atom is 0.336 e. The third-order valence-corrected chi connectivity index (χ3v) is 7.07. The molecule has 1 atom stereocenters. The lowest BCUT2D eigenvalue weighted by Crippen LogP contribution is -2.26. The van der Waals surface area contributed by atoms with E-state index in [1.165, 1.54) is 22.2 Å². The van der Waals surface area contributed by atoms with Gasteiger partial charge in [0, 0.05) is 74.3 Å². The molecule has 0 spiro atoms. The van der Waals surface area contributed by atoms with E-state index in [-0.39, 0.29) is 6.04 Å². The van der Waals surface area contributed by atoms with Crippen molar-refractivity contribution in [3.63, 3.8) is 0 Å². The molecular formula is C30H36N4O2. The van der Waals surface area contributed by atoms with Crippen molar-refractivity contribution in [1.29, 1.82) is 0 Å². The smallest absolute Gasteiger partial charge is 0.336 e. The molecule has 1 heterocycles. The lowest BCUT2D eigenvalue weighted by molar-refractivity contribution is 0.0694. The zero-order valence-electron chi connectivity index (χ0n) is 22.5. The van der Waals surface area contributed by atoms with Gasteiger partial charge in [0.15, 0.2) is 0 Å². The Morgan fingerprint density at radius 2 is 1.56 bits per heavy atom. The van der Waals surface area contributed by atoms with E-state index >= 15 is 0 Å². The van der Waals surface area contributed by atoms with E-state index in [9.17, 15) is 9.90 Å². The van der Waals surface area contributed by atoms with Gasteiger partial charge in [-0.3, -0.25) is 4.90 Å². The van der Waals surface area contributed by atoms with E-state index < -0.39 is 5.97 Å². The summed E-state index contributed by atoms with van der Waals surface area (Å²) in [7, 11) is 14.1. The van der Waals surface area contributed by atoms with Crippen molar-refractivity contribution in [2.75, 3.05) is 52.1 Å². The highest BCUT2D eigenvalue weighted by Gasteiger charge is 2.28. The van der Waals surface area contributed by atoms with Crippen molar-refractivity contribution in [2.24, 2.45) is 7.05 Å². The molecule has 1 N–H and O–H groups in total. The Bertz CT molecular complexity index is 1430. The first kappa shape index (κ1) is 25.3. The van der Waals surface area contributed by atoms with Crippen LogP contribution in [0.25, 0.3) is 22.0 Å². The number of anilines is 2. The zero-order chi connectivity index (χ0) is 26.3. The highest BCUT2D eigenvalue weighted by atomic mass is 16.4. The highest BCUT2D eigenvalue weighted by Crippen LogP contribution is 2.44. The molecule has 0 saturated carbocycles. The Morgan fingerprint density at radius 3 is 2.17 bits per heavy atom. The molecule has 4 aromatic rings. The van der Waals surface area contributed by atoms with Gasteiger partial charge in [-0.25, -0.2) is 4.79 Å². The second-order valence-corrected chi connectivity index (χ2v) is 10.0. The summed E-state index contributed by atoms with van der Waals surface area (Å²) in [6.45, 7) is 2.16. The topological polar surface area (TPSA) is 52.0 Å². The van der Waals surface area contributed by atoms with Crippen LogP contribution in [0.3, 0.4) is 0 Å². The molecule has 1 aromatic heterocycles. The minimum absolute atomic E-state index is 0.250. The number of hydrogen-bond donors (Lipinski definition) is 1. The van der Waals surface area contributed by atoms with Crippen LogP contribution in [-0.4, -0.2) is 62.8 Å². The molecule has 6 nitrogen and oxygen atoms in total. The van der Waals surface area contributed by atoms with Gasteiger partial charge < -0.3 is 19.5 Å². The van der Waals surface area contributed by atoms with Crippen molar-refractivity contribution >= 4 is 28.2 Å². The normalized spacial score (nSPS) is 12.2. The average Bonchev–Trinajstić information content (AvgIpc) is 3.08. The summed E-state index contributed by atoms with van der Waals surface area (Å²) in [6.07, 6.45) is 0. The maximum atomic E-state index is 12.4. The molecule has 36 heavy (non-hydrogen) atoms. The van der Waals surface area contributed by atoms with Crippen LogP contribution in [0.1, 0.15) is 33.2 Å². The molecule has 0 bridgehead atoms. The molecule has 0 aliphatic rings. The predicted molar refractivity (Wildman–Crippen MR) is 151 cm³/mol. The third-order valence-electron chi connectivity index (χ3n) is 7.07. The number of aromatic nitrogens is 1. The maximum absolute atomic E-state index is 12.4. The Morgan fingerprint density at radius 1 is 0.861 bits per heavy atom. The van der Waals surface area contributed by atoms with Crippen LogP contribution in [0.2, 0.25) is 0 Å². The van der Waals surface area contributed by atoms with Gasteiger partial charge in [0.25, 0.3) is 0 Å². The summed E-state index contributed by atoms with van der Waals surface area (Å²) >= 11 is 0. The molecule has 0 radical (unpaired) electrons. The number of rotatable bonds is 7. The van der Waals surface area contributed by atoms with E-state index in [0.29, 0.717) is 5.56 Å². The van der Waals surface area contributed by atoms with Crippen molar-refractivity contribution in [1.82, 2.24) is 9.47 Å². The number of benzene rings is 3. The van der Waals surface area contributed by atoms with Crippen molar-refractivity contribution in [3.8, 4) is 11.1 Å². The van der Waals surface area contributed by atoms with Gasteiger partial charge in [-0.2, -0.15) is 0 Å². The molecular weight excluding hydrogens is 448 g/mol. The Kier molecular flexibility index (Phi) is 6.83. The lowest BCUT2D eigenvalue weighted by Gasteiger charge is -2.32. The summed E-state index contributed by atoms with van der Waals surface area (Å²) in [5.74, 6) is -0.923. The average molecular weight is 485 g/mol. The minimum atomic E-state index is -0.923. The van der Waals surface area contributed by atoms with Gasteiger partial charge in [0.1, 0.15) is 0 Å². The van der Waals surface area contributed by atoms with Crippen LogP contribution in [0, 0.1) is 6.92 Å². The third kappa shape index (κ3) is 4.22. The number of carbonyl (C=O) groups is 1. The Hall–Kier alpha value is -3.77. The first-order valence-electron chi connectivity index (χ1n) is 12.1. The molecule has 188 valence electrons. The van der Waals surface area contributed by atoms with Crippen LogP contribution in [0.15, 0.2) is 60.7 Å². The Balaban J connectivity index is 2.03. The summed E-state index contributed by atoms with van der Waals surface area (Å²) in [4.78, 5) is 18.6. The van der Waals surface area contributed by atoms with Gasteiger partial charge >= 0.3 is 5.97 Å². The number of hydrogen-bond acceptors (Lipinski definition) is 4. The van der Waals surface area contributed by atoms with E-state index in [2.05, 4.69) is 84.9 Å². The number of aryl methyl sites for hydroxylation is 1. The van der Waals surface area contributed by atoms with Crippen LogP contribution in [-0.2, 0) is 7.05 Å². The van der Waals surface area contributed by atoms with Gasteiger partial charge in [-0.05, 0) is 50.3 Å². The lowest BCUT2D eigenvalue weighted by atomic mass is 9.88. The monoisotopic (exact) mass is 484 g/mol. The molecule has 3 aromatic carbocycles. The zero-order valence-corrected chi connectivity index (χ0v) is 22.5. The molecule has 4 rings (SSSR count). The summed E-state index contributed by atoms with van der Waals surface area (Å²) < 4.78 is 2.24. The molecule has 6 heteroatoms. The Labute approximate surface area is 214 Å².